The molecule has 0 atom stereocenters. The standard InChI is InChI=1S/C11H16N2OS/c1-8-5-10(15-11(2,3)4)12-6-9(8)7-13-14/h5-7,14H,1-4H3/b13-7-. The van der Waals surface area contributed by atoms with E-state index in [2.05, 4.69) is 30.9 Å². The third kappa shape index (κ3) is 3.91. The van der Waals surface area contributed by atoms with E-state index in [1.807, 2.05) is 13.0 Å². The molecule has 0 aliphatic carbocycles. The van der Waals surface area contributed by atoms with Crippen LogP contribution in [0.3, 0.4) is 0 Å². The van der Waals surface area contributed by atoms with Gasteiger partial charge in [-0.3, -0.25) is 0 Å². The zero-order valence-electron chi connectivity index (χ0n) is 9.48. The van der Waals surface area contributed by atoms with E-state index in [0.29, 0.717) is 0 Å². The minimum atomic E-state index is 0.159. The first-order chi connectivity index (χ1) is 6.92. The van der Waals surface area contributed by atoms with Gasteiger partial charge < -0.3 is 5.21 Å². The van der Waals surface area contributed by atoms with Crippen LogP contribution in [0.1, 0.15) is 31.9 Å². The molecule has 4 heteroatoms. The Morgan fingerprint density at radius 3 is 2.60 bits per heavy atom. The van der Waals surface area contributed by atoms with E-state index < -0.39 is 0 Å². The normalized spacial score (nSPS) is 12.3. The molecule has 0 fully saturated rings. The monoisotopic (exact) mass is 224 g/mol. The molecule has 1 rings (SSSR count). The lowest BCUT2D eigenvalue weighted by atomic mass is 10.2. The van der Waals surface area contributed by atoms with Crippen molar-refractivity contribution in [1.29, 1.82) is 0 Å². The summed E-state index contributed by atoms with van der Waals surface area (Å²) in [6.45, 7) is 8.43. The average Bonchev–Trinajstić information content (AvgIpc) is 2.07. The summed E-state index contributed by atoms with van der Waals surface area (Å²) in [5.41, 5.74) is 1.91. The van der Waals surface area contributed by atoms with Crippen LogP contribution in [-0.4, -0.2) is 21.2 Å². The van der Waals surface area contributed by atoms with Crippen molar-refractivity contribution >= 4 is 18.0 Å². The summed E-state index contributed by atoms with van der Waals surface area (Å²) in [5, 5.41) is 12.4. The zero-order chi connectivity index (χ0) is 11.5. The molecule has 1 aromatic rings. The highest BCUT2D eigenvalue weighted by molar-refractivity contribution is 8.00. The Morgan fingerprint density at radius 1 is 1.47 bits per heavy atom. The maximum Gasteiger partial charge on any atom is 0.0968 e. The van der Waals surface area contributed by atoms with Gasteiger partial charge in [0.15, 0.2) is 0 Å². The van der Waals surface area contributed by atoms with E-state index in [0.717, 1.165) is 16.2 Å². The number of pyridine rings is 1. The molecule has 0 aliphatic heterocycles. The van der Waals surface area contributed by atoms with Crippen LogP contribution < -0.4 is 0 Å². The molecule has 0 bridgehead atoms. The largest absolute Gasteiger partial charge is 0.411 e. The summed E-state index contributed by atoms with van der Waals surface area (Å²) in [7, 11) is 0. The number of oxime groups is 1. The lowest BCUT2D eigenvalue weighted by molar-refractivity contribution is 0.322. The van der Waals surface area contributed by atoms with Crippen molar-refractivity contribution in [3.63, 3.8) is 0 Å². The molecule has 0 saturated carbocycles. The van der Waals surface area contributed by atoms with E-state index in [-0.39, 0.29) is 4.75 Å². The molecule has 1 heterocycles. The van der Waals surface area contributed by atoms with Gasteiger partial charge in [0.2, 0.25) is 0 Å². The highest BCUT2D eigenvalue weighted by atomic mass is 32.2. The van der Waals surface area contributed by atoms with Crippen LogP contribution in [0.25, 0.3) is 0 Å². The third-order valence-electron chi connectivity index (χ3n) is 1.73. The van der Waals surface area contributed by atoms with Crippen LogP contribution in [0.5, 0.6) is 0 Å². The smallest absolute Gasteiger partial charge is 0.0968 e. The van der Waals surface area contributed by atoms with Crippen LogP contribution in [0.15, 0.2) is 22.4 Å². The lowest BCUT2D eigenvalue weighted by Crippen LogP contribution is -2.07. The van der Waals surface area contributed by atoms with Crippen LogP contribution in [0.4, 0.5) is 0 Å². The van der Waals surface area contributed by atoms with E-state index in [1.54, 1.807) is 18.0 Å². The number of rotatable bonds is 2. The minimum Gasteiger partial charge on any atom is -0.411 e. The molecule has 3 nitrogen and oxygen atoms in total. The number of hydrogen-bond acceptors (Lipinski definition) is 4. The van der Waals surface area contributed by atoms with Gasteiger partial charge in [0.1, 0.15) is 0 Å². The van der Waals surface area contributed by atoms with Crippen molar-refractivity contribution in [2.24, 2.45) is 5.16 Å². The maximum atomic E-state index is 8.44. The minimum absolute atomic E-state index is 0.159. The molecule has 0 unspecified atom stereocenters. The van der Waals surface area contributed by atoms with E-state index in [1.165, 1.54) is 6.21 Å². The second kappa shape index (κ2) is 4.66. The maximum absolute atomic E-state index is 8.44. The van der Waals surface area contributed by atoms with Gasteiger partial charge in [0, 0.05) is 16.5 Å². The Morgan fingerprint density at radius 2 is 2.13 bits per heavy atom. The molecule has 0 radical (unpaired) electrons. The summed E-state index contributed by atoms with van der Waals surface area (Å²) in [5.74, 6) is 0. The average molecular weight is 224 g/mol. The van der Waals surface area contributed by atoms with Gasteiger partial charge in [-0.1, -0.05) is 25.9 Å². The molecule has 1 aromatic heterocycles. The number of hydrogen-bond donors (Lipinski definition) is 1. The fourth-order valence-electron chi connectivity index (χ4n) is 1.11. The summed E-state index contributed by atoms with van der Waals surface area (Å²) < 4.78 is 0.159. The van der Waals surface area contributed by atoms with E-state index >= 15 is 0 Å². The van der Waals surface area contributed by atoms with Crippen LogP contribution in [0.2, 0.25) is 0 Å². The molecule has 0 saturated heterocycles. The zero-order valence-corrected chi connectivity index (χ0v) is 10.3. The van der Waals surface area contributed by atoms with Gasteiger partial charge in [-0.25, -0.2) is 4.98 Å². The Balaban J connectivity index is 2.92. The second-order valence-corrected chi connectivity index (χ2v) is 6.19. The van der Waals surface area contributed by atoms with Crippen LogP contribution in [0, 0.1) is 6.92 Å². The molecule has 0 spiro atoms. The molecule has 0 amide bonds. The number of nitrogens with zero attached hydrogens (tertiary/aromatic N) is 2. The Kier molecular flexibility index (Phi) is 3.74. The molecule has 0 aromatic carbocycles. The lowest BCUT2D eigenvalue weighted by Gasteiger charge is -2.17. The Hall–Kier alpha value is -1.03. The van der Waals surface area contributed by atoms with Crippen molar-refractivity contribution in [3.05, 3.63) is 23.4 Å². The van der Waals surface area contributed by atoms with Gasteiger partial charge in [-0.2, -0.15) is 0 Å². The Bertz CT molecular complexity index is 369. The first kappa shape index (κ1) is 12.0. The predicted molar refractivity (Wildman–Crippen MR) is 64.0 cm³/mol. The summed E-state index contributed by atoms with van der Waals surface area (Å²) in [4.78, 5) is 4.30. The SMILES string of the molecule is Cc1cc(SC(C)(C)C)ncc1/C=N\O. The van der Waals surface area contributed by atoms with Crippen LogP contribution >= 0.6 is 11.8 Å². The predicted octanol–water partition coefficient (Wildman–Crippen LogP) is 3.09. The fourth-order valence-corrected chi connectivity index (χ4v) is 2.08. The molecule has 82 valence electrons. The van der Waals surface area contributed by atoms with Crippen molar-refractivity contribution in [2.45, 2.75) is 37.5 Å². The quantitative estimate of drug-likeness (QED) is 0.363. The Labute approximate surface area is 94.6 Å². The highest BCUT2D eigenvalue weighted by Crippen LogP contribution is 2.30. The molecular weight excluding hydrogens is 208 g/mol. The molecular formula is C11H16N2OS. The third-order valence-corrected chi connectivity index (χ3v) is 2.78. The molecule has 15 heavy (non-hydrogen) atoms. The molecule has 1 N–H and O–H groups in total. The second-order valence-electron chi connectivity index (χ2n) is 4.34. The topological polar surface area (TPSA) is 45.5 Å². The van der Waals surface area contributed by atoms with Gasteiger partial charge in [-0.05, 0) is 18.6 Å². The van der Waals surface area contributed by atoms with Crippen molar-refractivity contribution in [1.82, 2.24) is 4.98 Å². The first-order valence-electron chi connectivity index (χ1n) is 4.75. The van der Waals surface area contributed by atoms with Crippen molar-refractivity contribution < 1.29 is 5.21 Å². The summed E-state index contributed by atoms with van der Waals surface area (Å²) in [6, 6.07) is 2.01. The van der Waals surface area contributed by atoms with Crippen LogP contribution in [-0.2, 0) is 0 Å². The summed E-state index contributed by atoms with van der Waals surface area (Å²) >= 11 is 1.72. The van der Waals surface area contributed by atoms with Gasteiger partial charge in [0.05, 0.1) is 11.2 Å². The van der Waals surface area contributed by atoms with E-state index in [9.17, 15) is 0 Å². The first-order valence-corrected chi connectivity index (χ1v) is 5.57. The summed E-state index contributed by atoms with van der Waals surface area (Å²) in [6.07, 6.45) is 3.12. The van der Waals surface area contributed by atoms with Crippen molar-refractivity contribution in [2.75, 3.05) is 0 Å². The van der Waals surface area contributed by atoms with E-state index in [4.69, 9.17) is 5.21 Å². The van der Waals surface area contributed by atoms with Gasteiger partial charge in [-0.15, -0.1) is 11.8 Å². The molecule has 0 aliphatic rings. The number of aromatic nitrogens is 1. The number of aryl methyl sites for hydroxylation is 1. The van der Waals surface area contributed by atoms with Gasteiger partial charge in [0.25, 0.3) is 0 Å². The van der Waals surface area contributed by atoms with Crippen molar-refractivity contribution in [3.8, 4) is 0 Å². The highest BCUT2D eigenvalue weighted by Gasteiger charge is 2.13. The van der Waals surface area contributed by atoms with Gasteiger partial charge >= 0.3 is 0 Å². The number of thioether (sulfide) groups is 1. The fraction of sp³-hybridized carbons (Fsp3) is 0.455.